The molecule has 1 amide bonds. The summed E-state index contributed by atoms with van der Waals surface area (Å²) in [4.78, 5) is 21.7. The highest BCUT2D eigenvalue weighted by atomic mass is 32.1. The molecule has 88 valence electrons. The third kappa shape index (κ3) is 2.88. The van der Waals surface area contributed by atoms with E-state index in [1.54, 1.807) is 12.4 Å². The van der Waals surface area contributed by atoms with Crippen LogP contribution in [0.4, 0.5) is 5.82 Å². The predicted octanol–water partition coefficient (Wildman–Crippen LogP) is 2.91. The molecule has 4 nitrogen and oxygen atoms in total. The van der Waals surface area contributed by atoms with Gasteiger partial charge in [0, 0.05) is 17.3 Å². The number of anilines is 1. The highest BCUT2D eigenvalue weighted by Gasteiger charge is 2.11. The maximum Gasteiger partial charge on any atom is 0.266 e. The zero-order chi connectivity index (χ0) is 12.3. The summed E-state index contributed by atoms with van der Waals surface area (Å²) in [6.45, 7) is 4.21. The second kappa shape index (κ2) is 5.05. The fourth-order valence-electron chi connectivity index (χ4n) is 1.33. The summed E-state index contributed by atoms with van der Waals surface area (Å²) in [6, 6.07) is 3.83. The van der Waals surface area contributed by atoms with Crippen LogP contribution in [0.5, 0.6) is 0 Å². The van der Waals surface area contributed by atoms with Crippen LogP contribution in [0.1, 0.15) is 34.3 Å². The minimum atomic E-state index is -0.137. The monoisotopic (exact) mass is 247 g/mol. The fourth-order valence-corrected chi connectivity index (χ4v) is 2.23. The maximum absolute atomic E-state index is 11.9. The average molecular weight is 247 g/mol. The van der Waals surface area contributed by atoms with Crippen molar-refractivity contribution in [2.45, 2.75) is 19.8 Å². The Hall–Kier alpha value is -1.75. The van der Waals surface area contributed by atoms with Gasteiger partial charge in [-0.05, 0) is 18.1 Å². The number of hydrogen-bond donors (Lipinski definition) is 1. The molecule has 2 aromatic rings. The van der Waals surface area contributed by atoms with E-state index in [0.29, 0.717) is 16.6 Å². The molecule has 0 aliphatic rings. The number of carbonyl (C=O) groups is 1. The van der Waals surface area contributed by atoms with Crippen molar-refractivity contribution >= 4 is 23.1 Å². The van der Waals surface area contributed by atoms with Crippen molar-refractivity contribution in [1.82, 2.24) is 9.97 Å². The van der Waals surface area contributed by atoms with Gasteiger partial charge in [-0.3, -0.25) is 9.78 Å². The molecule has 0 aliphatic heterocycles. The van der Waals surface area contributed by atoms with E-state index in [9.17, 15) is 4.79 Å². The summed E-state index contributed by atoms with van der Waals surface area (Å²) in [6.07, 6.45) is 4.64. The third-order valence-corrected chi connectivity index (χ3v) is 3.61. The van der Waals surface area contributed by atoms with Crippen LogP contribution in [0.2, 0.25) is 0 Å². The van der Waals surface area contributed by atoms with Crippen LogP contribution >= 0.6 is 11.3 Å². The summed E-state index contributed by atoms with van der Waals surface area (Å²) in [5, 5.41) is 2.71. The van der Waals surface area contributed by atoms with Crippen LogP contribution in [0.15, 0.2) is 30.7 Å². The second-order valence-electron chi connectivity index (χ2n) is 3.90. The molecule has 0 spiro atoms. The number of thiophene rings is 1. The van der Waals surface area contributed by atoms with Gasteiger partial charge in [0.2, 0.25) is 0 Å². The van der Waals surface area contributed by atoms with E-state index >= 15 is 0 Å². The van der Waals surface area contributed by atoms with E-state index in [0.717, 1.165) is 0 Å². The van der Waals surface area contributed by atoms with Crippen LogP contribution in [0, 0.1) is 0 Å². The van der Waals surface area contributed by atoms with E-state index in [1.165, 1.54) is 22.4 Å². The molecule has 0 atom stereocenters. The highest BCUT2D eigenvalue weighted by molar-refractivity contribution is 7.14. The number of amides is 1. The topological polar surface area (TPSA) is 54.9 Å². The van der Waals surface area contributed by atoms with E-state index in [2.05, 4.69) is 29.1 Å². The van der Waals surface area contributed by atoms with Gasteiger partial charge in [0.1, 0.15) is 0 Å². The van der Waals surface area contributed by atoms with Crippen molar-refractivity contribution in [2.24, 2.45) is 0 Å². The van der Waals surface area contributed by atoms with E-state index in [-0.39, 0.29) is 5.91 Å². The van der Waals surface area contributed by atoms with Crippen LogP contribution in [0.3, 0.4) is 0 Å². The molecule has 0 fully saturated rings. The molecule has 0 aromatic carbocycles. The number of nitrogens with one attached hydrogen (secondary N) is 1. The average Bonchev–Trinajstić information content (AvgIpc) is 2.79. The van der Waals surface area contributed by atoms with Gasteiger partial charge in [-0.1, -0.05) is 13.8 Å². The standard InChI is InChI=1S/C12H13N3OS/c1-8(2)9-3-4-10(17-9)12(16)15-11-7-13-5-6-14-11/h3-8H,1-2H3,(H,14,15,16). The summed E-state index contributed by atoms with van der Waals surface area (Å²) in [5.74, 6) is 0.775. The highest BCUT2D eigenvalue weighted by Crippen LogP contribution is 2.24. The first kappa shape index (κ1) is 11.7. The Balaban J connectivity index is 2.10. The normalized spacial score (nSPS) is 10.5. The Morgan fingerprint density at radius 2 is 2.18 bits per heavy atom. The van der Waals surface area contributed by atoms with Crippen LogP contribution in [0.25, 0.3) is 0 Å². The van der Waals surface area contributed by atoms with Crippen molar-refractivity contribution in [1.29, 1.82) is 0 Å². The van der Waals surface area contributed by atoms with Gasteiger partial charge in [-0.15, -0.1) is 11.3 Å². The van der Waals surface area contributed by atoms with Crippen LogP contribution in [-0.4, -0.2) is 15.9 Å². The number of nitrogens with zero attached hydrogens (tertiary/aromatic N) is 2. The third-order valence-electron chi connectivity index (χ3n) is 2.22. The van der Waals surface area contributed by atoms with Crippen molar-refractivity contribution in [3.8, 4) is 0 Å². The van der Waals surface area contributed by atoms with Gasteiger partial charge in [0.15, 0.2) is 5.82 Å². The molecule has 2 heterocycles. The molecule has 2 rings (SSSR count). The predicted molar refractivity (Wildman–Crippen MR) is 68.4 cm³/mol. The lowest BCUT2D eigenvalue weighted by Crippen LogP contribution is -2.11. The number of rotatable bonds is 3. The molecule has 0 aliphatic carbocycles. The Kier molecular flexibility index (Phi) is 3.49. The number of carbonyl (C=O) groups excluding carboxylic acids is 1. The second-order valence-corrected chi connectivity index (χ2v) is 5.02. The zero-order valence-electron chi connectivity index (χ0n) is 9.68. The zero-order valence-corrected chi connectivity index (χ0v) is 10.5. The quantitative estimate of drug-likeness (QED) is 0.907. The smallest absolute Gasteiger partial charge is 0.266 e. The first-order valence-corrected chi connectivity index (χ1v) is 6.15. The van der Waals surface area contributed by atoms with Crippen molar-refractivity contribution in [2.75, 3.05) is 5.32 Å². The fraction of sp³-hybridized carbons (Fsp3) is 0.250. The lowest BCUT2D eigenvalue weighted by Gasteiger charge is -2.01. The van der Waals surface area contributed by atoms with Gasteiger partial charge < -0.3 is 5.32 Å². The molecule has 17 heavy (non-hydrogen) atoms. The molecule has 0 unspecified atom stereocenters. The summed E-state index contributed by atoms with van der Waals surface area (Å²) < 4.78 is 0. The van der Waals surface area contributed by atoms with E-state index < -0.39 is 0 Å². The van der Waals surface area contributed by atoms with Crippen molar-refractivity contribution < 1.29 is 4.79 Å². The van der Waals surface area contributed by atoms with Crippen LogP contribution < -0.4 is 5.32 Å². The lowest BCUT2D eigenvalue weighted by molar-refractivity contribution is 0.103. The number of aromatic nitrogens is 2. The van der Waals surface area contributed by atoms with Crippen molar-refractivity contribution in [3.63, 3.8) is 0 Å². The van der Waals surface area contributed by atoms with Gasteiger partial charge in [-0.2, -0.15) is 0 Å². The Bertz CT molecular complexity index is 507. The minimum Gasteiger partial charge on any atom is -0.305 e. The molecular weight excluding hydrogens is 234 g/mol. The SMILES string of the molecule is CC(C)c1ccc(C(=O)Nc2cnccn2)s1. The summed E-state index contributed by atoms with van der Waals surface area (Å²) in [5.41, 5.74) is 0. The first-order valence-electron chi connectivity index (χ1n) is 5.34. The summed E-state index contributed by atoms with van der Waals surface area (Å²) in [7, 11) is 0. The summed E-state index contributed by atoms with van der Waals surface area (Å²) >= 11 is 1.51. The molecule has 2 aromatic heterocycles. The Morgan fingerprint density at radius 3 is 2.76 bits per heavy atom. The van der Waals surface area contributed by atoms with Crippen LogP contribution in [-0.2, 0) is 0 Å². The first-order chi connectivity index (χ1) is 8.16. The Morgan fingerprint density at radius 1 is 1.35 bits per heavy atom. The molecule has 0 saturated carbocycles. The van der Waals surface area contributed by atoms with Gasteiger partial charge in [0.25, 0.3) is 5.91 Å². The van der Waals surface area contributed by atoms with Gasteiger partial charge in [-0.25, -0.2) is 4.98 Å². The van der Waals surface area contributed by atoms with Crippen molar-refractivity contribution in [3.05, 3.63) is 40.5 Å². The molecular formula is C12H13N3OS. The Labute approximate surface area is 104 Å². The molecule has 1 N–H and O–H groups in total. The molecule has 0 bridgehead atoms. The van der Waals surface area contributed by atoms with E-state index in [4.69, 9.17) is 0 Å². The largest absolute Gasteiger partial charge is 0.305 e. The molecule has 5 heteroatoms. The van der Waals surface area contributed by atoms with Gasteiger partial charge >= 0.3 is 0 Å². The number of hydrogen-bond acceptors (Lipinski definition) is 4. The van der Waals surface area contributed by atoms with E-state index in [1.807, 2.05) is 12.1 Å². The maximum atomic E-state index is 11.9. The molecule has 0 saturated heterocycles. The molecule has 0 radical (unpaired) electrons. The lowest BCUT2D eigenvalue weighted by atomic mass is 10.2. The van der Waals surface area contributed by atoms with Gasteiger partial charge in [0.05, 0.1) is 11.1 Å². The minimum absolute atomic E-state index is 0.137.